The Bertz CT molecular complexity index is 2010. The van der Waals surface area contributed by atoms with E-state index in [0.717, 1.165) is 21.5 Å². The number of benzene rings is 5. The molecule has 0 unspecified atom stereocenters. The highest BCUT2D eigenvalue weighted by Gasteiger charge is 2.31. The molecule has 0 saturated carbocycles. The van der Waals surface area contributed by atoms with Gasteiger partial charge in [0.15, 0.2) is 5.75 Å². The van der Waals surface area contributed by atoms with E-state index in [1.54, 1.807) is 36.4 Å². The fourth-order valence-corrected chi connectivity index (χ4v) is 7.20. The van der Waals surface area contributed by atoms with E-state index in [1.807, 2.05) is 30.3 Å². The average molecular weight is 714 g/mol. The Balaban J connectivity index is 1.55. The van der Waals surface area contributed by atoms with Crippen molar-refractivity contribution in [1.82, 2.24) is 9.62 Å². The number of rotatable bonds is 11. The molecule has 0 radical (unpaired) electrons. The molecule has 0 spiro atoms. The molecule has 0 aromatic heterocycles. The largest absolute Gasteiger partial charge is 0.505 e. The Labute approximate surface area is 287 Å². The van der Waals surface area contributed by atoms with Crippen molar-refractivity contribution in [1.29, 1.82) is 0 Å². The van der Waals surface area contributed by atoms with Gasteiger partial charge in [-0.05, 0) is 70.8 Å². The van der Waals surface area contributed by atoms with Crippen molar-refractivity contribution >= 4 is 50.7 Å². The molecule has 7 nitrogen and oxygen atoms in total. The standard InChI is InChI=1S/C35H28Cl3FN2O5S/c1-46-34-29(25-9-11-27(36)12-10-25)15-24(16-31(34)38)21-41(20-23-7-13-28(39)14-8-23)47(44,45)32-18-26(17-30(37)33(32)42)35(43)40-19-22-5-3-2-4-6-22/h2-18,42H,19-21H2,1H3,(H,40,43). The number of sulfonamides is 1. The van der Waals surface area contributed by atoms with Crippen LogP contribution in [0.1, 0.15) is 27.0 Å². The summed E-state index contributed by atoms with van der Waals surface area (Å²) in [4.78, 5) is 12.5. The SMILES string of the molecule is COc1c(Cl)cc(CN(Cc2ccc(F)cc2)S(=O)(=O)c2cc(C(=O)NCc3ccccc3)cc(Cl)c2O)cc1-c1ccc(Cl)cc1. The summed E-state index contributed by atoms with van der Waals surface area (Å²) in [6.45, 7) is -0.263. The van der Waals surface area contributed by atoms with Crippen molar-refractivity contribution in [2.75, 3.05) is 7.11 Å². The Kier molecular flexibility index (Phi) is 10.7. The molecule has 5 rings (SSSR count). The summed E-state index contributed by atoms with van der Waals surface area (Å²) < 4.78 is 49.1. The molecule has 0 heterocycles. The molecule has 5 aromatic carbocycles. The molecule has 0 aliphatic rings. The first-order valence-electron chi connectivity index (χ1n) is 14.2. The molecule has 0 aliphatic carbocycles. The molecule has 12 heteroatoms. The Morgan fingerprint density at radius 1 is 0.830 bits per heavy atom. The number of hydrogen-bond donors (Lipinski definition) is 2. The maximum atomic E-state index is 14.4. The van der Waals surface area contributed by atoms with Crippen LogP contribution < -0.4 is 10.1 Å². The maximum absolute atomic E-state index is 14.4. The highest BCUT2D eigenvalue weighted by molar-refractivity contribution is 7.89. The molecule has 1 amide bonds. The van der Waals surface area contributed by atoms with Gasteiger partial charge < -0.3 is 15.2 Å². The van der Waals surface area contributed by atoms with Gasteiger partial charge in [-0.25, -0.2) is 12.8 Å². The lowest BCUT2D eigenvalue weighted by atomic mass is 10.0. The number of nitrogens with zero attached hydrogens (tertiary/aromatic N) is 1. The number of carbonyl (C=O) groups excluding carboxylic acids is 1. The van der Waals surface area contributed by atoms with E-state index < -0.39 is 32.4 Å². The monoisotopic (exact) mass is 712 g/mol. The Morgan fingerprint density at radius 2 is 1.49 bits per heavy atom. The summed E-state index contributed by atoms with van der Waals surface area (Å²) in [6, 6.07) is 27.1. The van der Waals surface area contributed by atoms with Crippen LogP contribution in [0.4, 0.5) is 4.39 Å². The van der Waals surface area contributed by atoms with Gasteiger partial charge in [0.05, 0.1) is 17.2 Å². The van der Waals surface area contributed by atoms with Crippen LogP contribution in [-0.2, 0) is 29.7 Å². The van der Waals surface area contributed by atoms with Gasteiger partial charge in [0, 0.05) is 35.8 Å². The molecule has 0 fully saturated rings. The lowest BCUT2D eigenvalue weighted by Crippen LogP contribution is -2.31. The van der Waals surface area contributed by atoms with Gasteiger partial charge in [0.2, 0.25) is 10.0 Å². The lowest BCUT2D eigenvalue weighted by molar-refractivity contribution is 0.0950. The second kappa shape index (κ2) is 14.8. The number of phenolic OH excluding ortho intramolecular Hbond substituents is 1. The van der Waals surface area contributed by atoms with Crippen molar-refractivity contribution in [3.8, 4) is 22.6 Å². The molecule has 47 heavy (non-hydrogen) atoms. The Morgan fingerprint density at radius 3 is 2.15 bits per heavy atom. The molecule has 0 aliphatic heterocycles. The normalized spacial score (nSPS) is 11.4. The zero-order valence-electron chi connectivity index (χ0n) is 24.9. The second-order valence-electron chi connectivity index (χ2n) is 10.5. The molecule has 0 atom stereocenters. The molecule has 2 N–H and O–H groups in total. The van der Waals surface area contributed by atoms with E-state index in [2.05, 4.69) is 5.32 Å². The summed E-state index contributed by atoms with van der Waals surface area (Å²) in [5.41, 5.74) is 3.03. The predicted molar refractivity (Wildman–Crippen MR) is 182 cm³/mol. The molecule has 242 valence electrons. The highest BCUT2D eigenvalue weighted by Crippen LogP contribution is 2.40. The minimum Gasteiger partial charge on any atom is -0.505 e. The third kappa shape index (κ3) is 8.06. The van der Waals surface area contributed by atoms with Crippen molar-refractivity contribution in [2.24, 2.45) is 0 Å². The third-order valence-electron chi connectivity index (χ3n) is 7.30. The number of phenols is 1. The number of methoxy groups -OCH3 is 1. The number of ether oxygens (including phenoxy) is 1. The zero-order valence-corrected chi connectivity index (χ0v) is 28.0. The first-order valence-corrected chi connectivity index (χ1v) is 16.7. The van der Waals surface area contributed by atoms with Gasteiger partial charge in [-0.2, -0.15) is 4.31 Å². The van der Waals surface area contributed by atoms with Crippen LogP contribution in [0.15, 0.2) is 108 Å². The van der Waals surface area contributed by atoms with E-state index in [0.29, 0.717) is 27.5 Å². The molecular weight excluding hydrogens is 686 g/mol. The minimum absolute atomic E-state index is 0.0680. The van der Waals surface area contributed by atoms with Crippen molar-refractivity contribution in [3.05, 3.63) is 146 Å². The number of aromatic hydroxyl groups is 1. The van der Waals surface area contributed by atoms with Crippen LogP contribution in [0.3, 0.4) is 0 Å². The number of halogens is 4. The van der Waals surface area contributed by atoms with Crippen LogP contribution in [0.5, 0.6) is 11.5 Å². The summed E-state index contributed by atoms with van der Waals surface area (Å²) in [5, 5.41) is 14.1. The number of amides is 1. The van der Waals surface area contributed by atoms with Crippen LogP contribution in [0.2, 0.25) is 15.1 Å². The minimum atomic E-state index is -4.56. The summed E-state index contributed by atoms with van der Waals surface area (Å²) >= 11 is 19.0. The van der Waals surface area contributed by atoms with E-state index >= 15 is 0 Å². The predicted octanol–water partition coefficient (Wildman–Crippen LogP) is 8.49. The fraction of sp³-hybridized carbons (Fsp3) is 0.114. The zero-order chi connectivity index (χ0) is 33.7. The first-order chi connectivity index (χ1) is 22.5. The van der Waals surface area contributed by atoms with Gasteiger partial charge in [-0.15, -0.1) is 0 Å². The van der Waals surface area contributed by atoms with Crippen LogP contribution >= 0.6 is 34.8 Å². The first kappa shape index (κ1) is 34.2. The number of nitrogens with one attached hydrogen (secondary N) is 1. The highest BCUT2D eigenvalue weighted by atomic mass is 35.5. The average Bonchev–Trinajstić information content (AvgIpc) is 3.06. The fourth-order valence-electron chi connectivity index (χ4n) is 4.94. The molecular formula is C35H28Cl3FN2O5S. The van der Waals surface area contributed by atoms with Crippen molar-refractivity contribution in [2.45, 2.75) is 24.5 Å². The molecule has 0 bridgehead atoms. The van der Waals surface area contributed by atoms with Crippen LogP contribution in [0.25, 0.3) is 11.1 Å². The third-order valence-corrected chi connectivity index (χ3v) is 9.92. The smallest absolute Gasteiger partial charge is 0.251 e. The summed E-state index contributed by atoms with van der Waals surface area (Å²) in [6.07, 6.45) is 0. The maximum Gasteiger partial charge on any atom is 0.251 e. The molecule has 5 aromatic rings. The Hall–Kier alpha value is -4.12. The van der Waals surface area contributed by atoms with Crippen LogP contribution in [-0.4, -0.2) is 30.8 Å². The van der Waals surface area contributed by atoms with Gasteiger partial charge in [-0.3, -0.25) is 4.79 Å². The number of hydrogen-bond acceptors (Lipinski definition) is 5. The molecule has 0 saturated heterocycles. The number of carbonyl (C=O) groups is 1. The van der Waals surface area contributed by atoms with Crippen molar-refractivity contribution < 1.29 is 27.4 Å². The van der Waals surface area contributed by atoms with Gasteiger partial charge >= 0.3 is 0 Å². The summed E-state index contributed by atoms with van der Waals surface area (Å²) in [7, 11) is -3.09. The topological polar surface area (TPSA) is 95.9 Å². The summed E-state index contributed by atoms with van der Waals surface area (Å²) in [5.74, 6) is -1.42. The van der Waals surface area contributed by atoms with E-state index in [4.69, 9.17) is 39.5 Å². The quantitative estimate of drug-likeness (QED) is 0.143. The van der Waals surface area contributed by atoms with E-state index in [9.17, 15) is 22.7 Å². The second-order valence-corrected chi connectivity index (χ2v) is 13.7. The van der Waals surface area contributed by atoms with Gasteiger partial charge in [-0.1, -0.05) is 89.4 Å². The van der Waals surface area contributed by atoms with Gasteiger partial charge in [0.1, 0.15) is 16.5 Å². The van der Waals surface area contributed by atoms with Crippen molar-refractivity contribution in [3.63, 3.8) is 0 Å². The van der Waals surface area contributed by atoms with Gasteiger partial charge in [0.25, 0.3) is 5.91 Å². The van der Waals surface area contributed by atoms with E-state index in [-0.39, 0.29) is 35.2 Å². The lowest BCUT2D eigenvalue weighted by Gasteiger charge is -2.24. The van der Waals surface area contributed by atoms with E-state index in [1.165, 1.54) is 37.4 Å². The van der Waals surface area contributed by atoms with Crippen LogP contribution in [0, 0.1) is 5.82 Å².